The highest BCUT2D eigenvalue weighted by Gasteiger charge is 2.55. The number of imidazole rings is 2. The molecule has 84 heavy (non-hydrogen) atoms. The van der Waals surface area contributed by atoms with Gasteiger partial charge in [0.15, 0.2) is 11.7 Å². The molecule has 0 N–H and O–H groups in total. The lowest BCUT2D eigenvalue weighted by Gasteiger charge is -2.32. The van der Waals surface area contributed by atoms with Crippen LogP contribution in [0.1, 0.15) is 69.3 Å². The van der Waals surface area contributed by atoms with E-state index in [4.69, 9.17) is 24.9 Å². The zero-order valence-electron chi connectivity index (χ0n) is 46.4. The van der Waals surface area contributed by atoms with Crippen molar-refractivity contribution in [3.63, 3.8) is 0 Å². The van der Waals surface area contributed by atoms with Crippen molar-refractivity contribution in [1.29, 1.82) is 0 Å². The second kappa shape index (κ2) is 21.0. The fraction of sp³-hybridized carbons (Fsp3) is 0.0789. The molecule has 0 saturated heterocycles. The molecule has 10 aromatic carbocycles. The minimum absolute atomic E-state index is 0.146. The lowest BCUT2D eigenvalue weighted by molar-refractivity contribution is 0.706. The number of aromatic nitrogens is 4. The Balaban J connectivity index is 0.799. The third kappa shape index (κ3) is 8.36. The van der Waals surface area contributed by atoms with Gasteiger partial charge in [-0.2, -0.15) is 0 Å². The third-order valence-corrected chi connectivity index (χ3v) is 17.0. The maximum atomic E-state index is 5.47. The Labute approximate surface area is 488 Å². The monoisotopic (exact) mass is 1080 g/mol. The van der Waals surface area contributed by atoms with E-state index in [-0.39, 0.29) is 5.92 Å². The number of aliphatic imine (C=N–C) groups is 4. The molecule has 8 heteroatoms. The van der Waals surface area contributed by atoms with E-state index in [0.717, 1.165) is 90.6 Å². The average molecular weight is 1080 g/mol. The first-order valence-corrected chi connectivity index (χ1v) is 28.7. The summed E-state index contributed by atoms with van der Waals surface area (Å²) in [7, 11) is 0. The van der Waals surface area contributed by atoms with Crippen LogP contribution in [-0.2, 0) is 18.5 Å². The minimum Gasteiger partial charge on any atom is -0.292 e. The Morgan fingerprint density at radius 3 is 1.83 bits per heavy atom. The molecule has 0 aliphatic heterocycles. The standard InChI is InChI=1S/C76H56N8/c1-50(78-48-51-24-20-33-57(46-51)83-68-44-18-16-42-66(68)80-74(83)53-27-8-4-9-28-53)59-37-23-41-65-71(59)61-36-13-15-39-63(61)76(65)62-38-14-12-35-60(62)70-56(32-22-40-64(70)76)49-79-73(52-25-6-3-7-26-52)82-72(77-2)55-31-21-34-58(47-55)84-69-45-19-17-43-67(69)81-75(84)54-29-10-5-11-30-54/h3-34,36-47,60H,2,35,48-49H2,1H3. The number of amidine groups is 2. The van der Waals surface area contributed by atoms with Crippen molar-refractivity contribution in [2.24, 2.45) is 20.0 Å². The van der Waals surface area contributed by atoms with Gasteiger partial charge in [-0.1, -0.05) is 218 Å². The van der Waals surface area contributed by atoms with Gasteiger partial charge in [-0.3, -0.25) is 19.1 Å². The van der Waals surface area contributed by atoms with Gasteiger partial charge >= 0.3 is 0 Å². The molecule has 15 rings (SSSR count). The number of hydrogen-bond acceptors (Lipinski definition) is 4. The quantitative estimate of drug-likeness (QED) is 0.0955. The van der Waals surface area contributed by atoms with Gasteiger partial charge in [0.1, 0.15) is 11.6 Å². The molecule has 2 unspecified atom stereocenters. The number of rotatable bonds is 11. The summed E-state index contributed by atoms with van der Waals surface area (Å²) in [6.07, 6.45) is 7.87. The van der Waals surface area contributed by atoms with E-state index >= 15 is 0 Å². The molecule has 2 atom stereocenters. The SMILES string of the molecule is C=NC(=NC(=NCc1cccc2c1C1CC=CC=C1C21c2ccccc2-c2c(C(C)=NCc3cccc(-n4c(-c5ccccc5)nc5ccccc54)c3)cccc21)c1ccccc1)c1cccc(-n2c(-c3ccccc3)nc3ccccc32)c1. The van der Waals surface area contributed by atoms with Gasteiger partial charge in [0, 0.05) is 50.8 Å². The molecule has 0 radical (unpaired) electrons. The molecule has 3 aliphatic carbocycles. The molecule has 3 aliphatic rings. The molecule has 8 nitrogen and oxygen atoms in total. The number of para-hydroxylation sites is 4. The second-order valence-corrected chi connectivity index (χ2v) is 21.7. The molecule has 2 aromatic heterocycles. The van der Waals surface area contributed by atoms with Crippen LogP contribution in [0.25, 0.3) is 67.3 Å². The molecule has 400 valence electrons. The van der Waals surface area contributed by atoms with Crippen LogP contribution in [0.5, 0.6) is 0 Å². The summed E-state index contributed by atoms with van der Waals surface area (Å²) in [5.74, 6) is 2.98. The van der Waals surface area contributed by atoms with E-state index in [0.29, 0.717) is 24.8 Å². The highest BCUT2D eigenvalue weighted by atomic mass is 15.1. The van der Waals surface area contributed by atoms with Crippen LogP contribution < -0.4 is 0 Å². The first kappa shape index (κ1) is 50.3. The lowest BCUT2D eigenvalue weighted by atomic mass is 9.68. The van der Waals surface area contributed by atoms with Gasteiger partial charge in [0.05, 0.1) is 40.6 Å². The number of hydrogen-bond donors (Lipinski definition) is 0. The number of nitrogens with zero attached hydrogens (tertiary/aromatic N) is 8. The van der Waals surface area contributed by atoms with Crippen LogP contribution in [0, 0.1) is 0 Å². The Kier molecular flexibility index (Phi) is 12.6. The van der Waals surface area contributed by atoms with E-state index in [1.807, 2.05) is 66.7 Å². The van der Waals surface area contributed by atoms with E-state index in [1.54, 1.807) is 0 Å². The predicted molar refractivity (Wildman–Crippen MR) is 344 cm³/mol. The molecule has 0 fully saturated rings. The highest BCUT2D eigenvalue weighted by molar-refractivity contribution is 6.13. The van der Waals surface area contributed by atoms with E-state index < -0.39 is 5.41 Å². The number of fused-ring (bicyclic) bond motifs is 12. The van der Waals surface area contributed by atoms with Crippen molar-refractivity contribution < 1.29 is 0 Å². The van der Waals surface area contributed by atoms with Crippen molar-refractivity contribution in [3.05, 3.63) is 323 Å². The lowest BCUT2D eigenvalue weighted by Crippen LogP contribution is -2.27. The fourth-order valence-electron chi connectivity index (χ4n) is 13.4. The minimum atomic E-state index is -0.517. The number of benzene rings is 10. The molecule has 1 spiro atoms. The summed E-state index contributed by atoms with van der Waals surface area (Å²) < 4.78 is 4.47. The Bertz CT molecular complexity index is 4730. The smallest absolute Gasteiger partial charge is 0.161 e. The Hall–Kier alpha value is -10.7. The van der Waals surface area contributed by atoms with Gasteiger partial charge in [-0.15, -0.1) is 0 Å². The van der Waals surface area contributed by atoms with E-state index in [9.17, 15) is 0 Å². The predicted octanol–water partition coefficient (Wildman–Crippen LogP) is 17.1. The van der Waals surface area contributed by atoms with Crippen LogP contribution in [0.15, 0.2) is 292 Å². The van der Waals surface area contributed by atoms with Gasteiger partial charge < -0.3 is 0 Å². The molecular weight excluding hydrogens is 1020 g/mol. The van der Waals surface area contributed by atoms with Gasteiger partial charge in [-0.25, -0.2) is 20.0 Å². The zero-order valence-corrected chi connectivity index (χ0v) is 46.4. The molecule has 0 bridgehead atoms. The maximum Gasteiger partial charge on any atom is 0.161 e. The van der Waals surface area contributed by atoms with Crippen LogP contribution in [0.3, 0.4) is 0 Å². The van der Waals surface area contributed by atoms with E-state index in [2.05, 4.69) is 228 Å². The molecule has 2 heterocycles. The first-order valence-electron chi connectivity index (χ1n) is 28.7. The second-order valence-electron chi connectivity index (χ2n) is 21.7. The summed E-state index contributed by atoms with van der Waals surface area (Å²) in [4.78, 5) is 31.0. The molecule has 0 saturated carbocycles. The van der Waals surface area contributed by atoms with Gasteiger partial charge in [0.25, 0.3) is 0 Å². The van der Waals surface area contributed by atoms with Crippen molar-refractivity contribution in [2.75, 3.05) is 0 Å². The molecule has 0 amide bonds. The Morgan fingerprint density at radius 2 is 1.12 bits per heavy atom. The van der Waals surface area contributed by atoms with E-state index in [1.165, 1.54) is 44.5 Å². The summed E-state index contributed by atoms with van der Waals surface area (Å²) in [6.45, 7) is 7.19. The highest BCUT2D eigenvalue weighted by Crippen LogP contribution is 2.66. The summed E-state index contributed by atoms with van der Waals surface area (Å²) in [6, 6.07) is 87.4. The first-order chi connectivity index (χ1) is 41.5. The molecule has 12 aromatic rings. The number of allylic oxidation sites excluding steroid dienone is 4. The van der Waals surface area contributed by atoms with Crippen molar-refractivity contribution in [1.82, 2.24) is 19.1 Å². The normalized spacial score (nSPS) is 16.2. The van der Waals surface area contributed by atoms with Crippen LogP contribution in [0.2, 0.25) is 0 Å². The summed E-state index contributed by atoms with van der Waals surface area (Å²) >= 11 is 0. The van der Waals surface area contributed by atoms with Gasteiger partial charge in [0.2, 0.25) is 0 Å². The van der Waals surface area contributed by atoms with Crippen LogP contribution in [0.4, 0.5) is 0 Å². The topological polar surface area (TPSA) is 85.1 Å². The van der Waals surface area contributed by atoms with Crippen molar-refractivity contribution in [3.8, 4) is 45.3 Å². The molecular formula is C76H56N8. The van der Waals surface area contributed by atoms with Crippen LogP contribution >= 0.6 is 0 Å². The van der Waals surface area contributed by atoms with Crippen LogP contribution in [-0.4, -0.2) is 43.2 Å². The largest absolute Gasteiger partial charge is 0.292 e. The third-order valence-electron chi connectivity index (χ3n) is 17.0. The van der Waals surface area contributed by atoms with Crippen molar-refractivity contribution >= 4 is 46.2 Å². The average Bonchev–Trinajstić information content (AvgIpc) is 1.56. The maximum absolute atomic E-state index is 5.47. The summed E-state index contributed by atoms with van der Waals surface area (Å²) in [5, 5.41) is 0. The summed E-state index contributed by atoms with van der Waals surface area (Å²) in [5.41, 5.74) is 22.8. The van der Waals surface area contributed by atoms with Gasteiger partial charge in [-0.05, 0) is 119 Å². The van der Waals surface area contributed by atoms with Crippen molar-refractivity contribution in [2.45, 2.75) is 37.8 Å². The zero-order chi connectivity index (χ0) is 56.1. The fourth-order valence-corrected chi connectivity index (χ4v) is 13.4. The Morgan fingerprint density at radius 1 is 0.536 bits per heavy atom.